The molecule has 142 valence electrons. The number of rotatable bonds is 3. The van der Waals surface area contributed by atoms with Crippen LogP contribution in [-0.4, -0.2) is 17.4 Å². The lowest BCUT2D eigenvalue weighted by Crippen LogP contribution is -2.12. The zero-order valence-corrected chi connectivity index (χ0v) is 16.9. The lowest BCUT2D eigenvalue weighted by molar-refractivity contribution is 0.589. The Morgan fingerprint density at radius 3 is 2.43 bits per heavy atom. The molecule has 0 amide bonds. The Hall–Kier alpha value is -2.41. The first-order valence-electron chi connectivity index (χ1n) is 8.23. The third-order valence-electron chi connectivity index (χ3n) is 4.42. The van der Waals surface area contributed by atoms with Gasteiger partial charge in [-0.25, -0.2) is 21.8 Å². The van der Waals surface area contributed by atoms with Gasteiger partial charge in [0.05, 0.1) is 14.9 Å². The molecule has 0 bridgehead atoms. The van der Waals surface area contributed by atoms with Crippen LogP contribution in [0.1, 0.15) is 5.56 Å². The van der Waals surface area contributed by atoms with Crippen LogP contribution >= 0.6 is 23.2 Å². The number of halogens is 3. The topological polar surface area (TPSA) is 52.0 Å². The number of fused-ring (bicyclic) bond motifs is 1. The summed E-state index contributed by atoms with van der Waals surface area (Å²) < 4.78 is 41.5. The van der Waals surface area contributed by atoms with Crippen LogP contribution in [0.3, 0.4) is 0 Å². The van der Waals surface area contributed by atoms with Gasteiger partial charge in [-0.2, -0.15) is 0 Å². The van der Waals surface area contributed by atoms with E-state index in [-0.39, 0.29) is 20.6 Å². The Kier molecular flexibility index (Phi) is 4.65. The summed E-state index contributed by atoms with van der Waals surface area (Å²) >= 11 is 12.5. The largest absolute Gasteiger partial charge is 0.269 e. The van der Waals surface area contributed by atoms with E-state index in [2.05, 4.69) is 4.98 Å². The van der Waals surface area contributed by atoms with Crippen LogP contribution < -0.4 is 0 Å². The highest BCUT2D eigenvalue weighted by molar-refractivity contribution is 7.90. The van der Waals surface area contributed by atoms with Gasteiger partial charge in [-0.3, -0.25) is 0 Å². The van der Waals surface area contributed by atoms with Crippen LogP contribution in [0.25, 0.3) is 22.2 Å². The van der Waals surface area contributed by atoms with Crippen molar-refractivity contribution >= 4 is 44.3 Å². The number of benzene rings is 2. The van der Waals surface area contributed by atoms with Gasteiger partial charge in [0.15, 0.2) is 5.65 Å². The molecular formula is C20H13Cl2FN2O2S. The molecule has 2 aromatic heterocycles. The fourth-order valence-corrected chi connectivity index (χ4v) is 4.80. The van der Waals surface area contributed by atoms with Gasteiger partial charge in [0.2, 0.25) is 0 Å². The summed E-state index contributed by atoms with van der Waals surface area (Å²) in [4.78, 5) is 4.32. The SMILES string of the molecule is Cc1ccc(S(=O)(=O)n2cc(-c3cccc(F)c3Cl)c3c(Cl)ccnc32)cc1. The van der Waals surface area contributed by atoms with Gasteiger partial charge in [0, 0.05) is 28.9 Å². The minimum atomic E-state index is -3.95. The first-order valence-corrected chi connectivity index (χ1v) is 10.4. The highest BCUT2D eigenvalue weighted by Gasteiger charge is 2.25. The monoisotopic (exact) mass is 434 g/mol. The second-order valence-corrected chi connectivity index (χ2v) is 8.85. The van der Waals surface area contributed by atoms with E-state index in [0.717, 1.165) is 9.54 Å². The molecule has 0 N–H and O–H groups in total. The van der Waals surface area contributed by atoms with E-state index in [4.69, 9.17) is 23.2 Å². The Labute approximate surface area is 171 Å². The van der Waals surface area contributed by atoms with Crippen molar-refractivity contribution < 1.29 is 12.8 Å². The molecule has 0 saturated carbocycles. The first-order chi connectivity index (χ1) is 13.3. The molecule has 8 heteroatoms. The Bertz CT molecular complexity index is 1320. The third-order valence-corrected chi connectivity index (χ3v) is 6.79. The van der Waals surface area contributed by atoms with E-state index in [1.165, 1.54) is 36.7 Å². The lowest BCUT2D eigenvalue weighted by Gasteiger charge is -2.07. The van der Waals surface area contributed by atoms with Crippen LogP contribution in [0.15, 0.2) is 65.8 Å². The van der Waals surface area contributed by atoms with Crippen LogP contribution in [0.4, 0.5) is 4.39 Å². The zero-order valence-electron chi connectivity index (χ0n) is 14.5. The number of aryl methyl sites for hydroxylation is 1. The molecule has 2 aromatic carbocycles. The van der Waals surface area contributed by atoms with Crippen LogP contribution in [0.5, 0.6) is 0 Å². The average molecular weight is 435 g/mol. The van der Waals surface area contributed by atoms with E-state index >= 15 is 0 Å². The summed E-state index contributed by atoms with van der Waals surface area (Å²) in [6, 6.07) is 12.3. The molecule has 28 heavy (non-hydrogen) atoms. The summed E-state index contributed by atoms with van der Waals surface area (Å²) in [6.45, 7) is 1.87. The van der Waals surface area contributed by atoms with Crippen LogP contribution in [0.2, 0.25) is 10.0 Å². The predicted octanol–water partition coefficient (Wildman–Crippen LogP) is 5.69. The summed E-state index contributed by atoms with van der Waals surface area (Å²) in [7, 11) is -3.95. The van der Waals surface area contributed by atoms with Gasteiger partial charge in [-0.15, -0.1) is 0 Å². The summed E-state index contributed by atoms with van der Waals surface area (Å²) in [5, 5.41) is 0.555. The molecule has 0 aliphatic heterocycles. The number of aromatic nitrogens is 2. The molecule has 0 aliphatic carbocycles. The second kappa shape index (κ2) is 6.88. The fourth-order valence-electron chi connectivity index (χ4n) is 3.01. The molecule has 4 nitrogen and oxygen atoms in total. The predicted molar refractivity (Wildman–Crippen MR) is 109 cm³/mol. The van der Waals surface area contributed by atoms with E-state index in [0.29, 0.717) is 16.5 Å². The highest BCUT2D eigenvalue weighted by Crippen LogP contribution is 2.39. The van der Waals surface area contributed by atoms with Gasteiger partial charge in [-0.1, -0.05) is 53.0 Å². The number of pyridine rings is 1. The molecule has 0 fully saturated rings. The summed E-state index contributed by atoms with van der Waals surface area (Å²) in [5.41, 5.74) is 1.79. The van der Waals surface area contributed by atoms with Crippen molar-refractivity contribution in [2.75, 3.05) is 0 Å². The second-order valence-electron chi connectivity index (χ2n) is 6.25. The lowest BCUT2D eigenvalue weighted by atomic mass is 10.1. The van der Waals surface area contributed by atoms with Crippen molar-refractivity contribution in [2.24, 2.45) is 0 Å². The first kappa shape index (κ1) is 18.9. The van der Waals surface area contributed by atoms with Crippen LogP contribution in [-0.2, 0) is 10.0 Å². The van der Waals surface area contributed by atoms with Crippen molar-refractivity contribution in [1.82, 2.24) is 8.96 Å². The fraction of sp³-hybridized carbons (Fsp3) is 0.0500. The molecule has 0 saturated heterocycles. The average Bonchev–Trinajstić information content (AvgIpc) is 3.06. The van der Waals surface area contributed by atoms with Crippen molar-refractivity contribution in [3.05, 3.63) is 82.4 Å². The summed E-state index contributed by atoms with van der Waals surface area (Å²) in [6.07, 6.45) is 2.79. The van der Waals surface area contributed by atoms with Gasteiger partial charge in [-0.05, 0) is 31.2 Å². The standard InChI is InChI=1S/C20H13Cl2FN2O2S/c1-12-5-7-13(8-6-12)28(26,27)25-11-15(14-3-2-4-17(23)19(14)22)18-16(21)9-10-24-20(18)25/h2-11H,1H3. The minimum absolute atomic E-state index is 0.105. The molecule has 0 radical (unpaired) electrons. The molecule has 0 atom stereocenters. The Morgan fingerprint density at radius 1 is 1.00 bits per heavy atom. The van der Waals surface area contributed by atoms with Crippen molar-refractivity contribution in [3.63, 3.8) is 0 Å². The Morgan fingerprint density at radius 2 is 1.71 bits per heavy atom. The number of hydrogen-bond acceptors (Lipinski definition) is 3. The highest BCUT2D eigenvalue weighted by atomic mass is 35.5. The maximum absolute atomic E-state index is 14.0. The minimum Gasteiger partial charge on any atom is -0.237 e. The molecular weight excluding hydrogens is 422 g/mol. The molecule has 0 spiro atoms. The van der Waals surface area contributed by atoms with Gasteiger partial charge in [0.1, 0.15) is 5.82 Å². The van der Waals surface area contributed by atoms with E-state index in [9.17, 15) is 12.8 Å². The maximum atomic E-state index is 14.0. The smallest absolute Gasteiger partial charge is 0.237 e. The quantitative estimate of drug-likeness (QED) is 0.415. The van der Waals surface area contributed by atoms with Crippen molar-refractivity contribution in [2.45, 2.75) is 11.8 Å². The molecule has 0 aliphatic rings. The van der Waals surface area contributed by atoms with Gasteiger partial charge in [0.25, 0.3) is 10.0 Å². The van der Waals surface area contributed by atoms with E-state index < -0.39 is 15.8 Å². The summed E-state index contributed by atoms with van der Waals surface area (Å²) in [5.74, 6) is -0.610. The number of hydrogen-bond donors (Lipinski definition) is 0. The maximum Gasteiger partial charge on any atom is 0.269 e. The van der Waals surface area contributed by atoms with E-state index in [1.807, 2.05) is 6.92 Å². The third kappa shape index (κ3) is 2.98. The molecule has 4 rings (SSSR count). The molecule has 2 heterocycles. The van der Waals surface area contributed by atoms with Crippen molar-refractivity contribution in [3.8, 4) is 11.1 Å². The normalized spacial score (nSPS) is 11.9. The van der Waals surface area contributed by atoms with Gasteiger partial charge >= 0.3 is 0 Å². The number of nitrogens with zero attached hydrogens (tertiary/aromatic N) is 2. The zero-order chi connectivity index (χ0) is 20.1. The van der Waals surface area contributed by atoms with E-state index in [1.54, 1.807) is 24.3 Å². The molecule has 4 aromatic rings. The van der Waals surface area contributed by atoms with Crippen LogP contribution in [0, 0.1) is 12.7 Å². The Balaban J connectivity index is 2.06. The van der Waals surface area contributed by atoms with Gasteiger partial charge < -0.3 is 0 Å². The van der Waals surface area contributed by atoms with Crippen molar-refractivity contribution in [1.29, 1.82) is 0 Å². The molecule has 0 unspecified atom stereocenters.